The molecule has 0 aliphatic heterocycles. The summed E-state index contributed by atoms with van der Waals surface area (Å²) in [5.41, 5.74) is -0.0634. The lowest BCUT2D eigenvalue weighted by atomic mass is 10.2. The van der Waals surface area contributed by atoms with E-state index in [1.807, 2.05) is 0 Å². The molecule has 21 heavy (non-hydrogen) atoms. The van der Waals surface area contributed by atoms with Gasteiger partial charge in [0.1, 0.15) is 4.90 Å². The summed E-state index contributed by atoms with van der Waals surface area (Å²) in [6, 6.07) is 2.47. The Kier molecular flexibility index (Phi) is 5.41. The van der Waals surface area contributed by atoms with E-state index in [0.29, 0.717) is 6.54 Å². The number of carbonyl (C=O) groups is 1. The van der Waals surface area contributed by atoms with E-state index in [1.54, 1.807) is 0 Å². The highest BCUT2D eigenvalue weighted by Crippen LogP contribution is 2.34. The Bertz CT molecular complexity index is 657. The summed E-state index contributed by atoms with van der Waals surface area (Å²) in [6.45, 7) is 0.500. The van der Waals surface area contributed by atoms with Gasteiger partial charge in [-0.2, -0.15) is 0 Å². The summed E-state index contributed by atoms with van der Waals surface area (Å²) >= 11 is 11.9. The minimum Gasteiger partial charge on any atom is -0.352 e. The predicted molar refractivity (Wildman–Crippen MR) is 83.8 cm³/mol. The first-order valence-corrected chi connectivity index (χ1v) is 9.58. The zero-order chi connectivity index (χ0) is 15.6. The smallest absolute Gasteiger partial charge is 0.262 e. The fourth-order valence-corrected chi connectivity index (χ4v) is 3.92. The molecule has 0 spiro atoms. The van der Waals surface area contributed by atoms with Crippen molar-refractivity contribution in [1.29, 1.82) is 0 Å². The van der Waals surface area contributed by atoms with Gasteiger partial charge in [-0.3, -0.25) is 4.79 Å². The van der Waals surface area contributed by atoms with Crippen molar-refractivity contribution in [3.05, 3.63) is 27.7 Å². The molecule has 0 atom stereocenters. The third-order valence-electron chi connectivity index (χ3n) is 3.32. The van der Waals surface area contributed by atoms with Crippen LogP contribution in [0.25, 0.3) is 0 Å². The second-order valence-electron chi connectivity index (χ2n) is 5.01. The molecule has 0 bridgehead atoms. The van der Waals surface area contributed by atoms with E-state index in [1.165, 1.54) is 25.0 Å². The predicted octanol–water partition coefficient (Wildman–Crippen LogP) is 3.84. The monoisotopic (exact) mass is 369 g/mol. The number of amides is 1. The Morgan fingerprint density at radius 2 is 1.95 bits per heavy atom. The van der Waals surface area contributed by atoms with Gasteiger partial charge < -0.3 is 5.32 Å². The number of benzene rings is 1. The molecular formula is C13H14Cl3NO3S. The van der Waals surface area contributed by atoms with Gasteiger partial charge in [0.2, 0.25) is 0 Å². The Morgan fingerprint density at radius 3 is 2.52 bits per heavy atom. The maximum atomic E-state index is 12.1. The first kappa shape index (κ1) is 16.9. The first-order chi connectivity index (χ1) is 9.80. The Hall–Kier alpha value is -0.490. The maximum absolute atomic E-state index is 12.1. The fourth-order valence-electron chi connectivity index (χ4n) is 2.02. The number of carbonyl (C=O) groups excluding carboxylic acids is 1. The zero-order valence-corrected chi connectivity index (χ0v) is 14.1. The maximum Gasteiger partial charge on any atom is 0.262 e. The molecule has 0 saturated heterocycles. The molecule has 0 unspecified atom stereocenters. The van der Waals surface area contributed by atoms with Crippen molar-refractivity contribution < 1.29 is 13.2 Å². The van der Waals surface area contributed by atoms with Crippen molar-refractivity contribution >= 4 is 48.8 Å². The summed E-state index contributed by atoms with van der Waals surface area (Å²) in [6.07, 6.45) is 4.49. The van der Waals surface area contributed by atoms with E-state index in [0.717, 1.165) is 18.8 Å². The quantitative estimate of drug-likeness (QED) is 0.611. The number of hydrogen-bond donors (Lipinski definition) is 1. The molecule has 1 aromatic carbocycles. The second kappa shape index (κ2) is 6.73. The Balaban J connectivity index is 2.11. The van der Waals surface area contributed by atoms with Crippen LogP contribution >= 0.6 is 33.9 Å². The largest absolute Gasteiger partial charge is 0.352 e. The van der Waals surface area contributed by atoms with Gasteiger partial charge in [0, 0.05) is 17.2 Å². The molecule has 4 nitrogen and oxygen atoms in total. The van der Waals surface area contributed by atoms with Crippen LogP contribution in [0.4, 0.5) is 0 Å². The molecule has 0 heterocycles. The Labute approximate surface area is 138 Å². The van der Waals surface area contributed by atoms with Crippen molar-refractivity contribution in [2.24, 2.45) is 5.92 Å². The van der Waals surface area contributed by atoms with Gasteiger partial charge >= 0.3 is 0 Å². The molecule has 1 amide bonds. The van der Waals surface area contributed by atoms with Gasteiger partial charge in [-0.15, -0.1) is 0 Å². The van der Waals surface area contributed by atoms with Crippen LogP contribution in [0.15, 0.2) is 17.0 Å². The third kappa shape index (κ3) is 4.49. The minimum atomic E-state index is -4.03. The van der Waals surface area contributed by atoms with E-state index < -0.39 is 15.0 Å². The van der Waals surface area contributed by atoms with Crippen molar-refractivity contribution in [3.63, 3.8) is 0 Å². The standard InChI is InChI=1S/C13H14Cl3NO3S/c14-9-5-6-10(21(16,19)20)12(15)11(9)13(18)17-7-1-2-8-3-4-8/h5-6,8H,1-4,7H2,(H,17,18). The number of hydrogen-bond acceptors (Lipinski definition) is 3. The molecule has 1 fully saturated rings. The molecule has 1 aliphatic carbocycles. The summed E-state index contributed by atoms with van der Waals surface area (Å²) in [7, 11) is 1.24. The number of rotatable bonds is 6. The van der Waals surface area contributed by atoms with Crippen molar-refractivity contribution in [2.45, 2.75) is 30.6 Å². The zero-order valence-electron chi connectivity index (χ0n) is 11.0. The van der Waals surface area contributed by atoms with Crippen LogP contribution in [0.5, 0.6) is 0 Å². The SMILES string of the molecule is O=C(NCCCC1CC1)c1c(Cl)ccc(S(=O)(=O)Cl)c1Cl. The molecule has 1 aromatic rings. The lowest BCUT2D eigenvalue weighted by Crippen LogP contribution is -2.25. The summed E-state index contributed by atoms with van der Waals surface area (Å²) in [4.78, 5) is 11.8. The van der Waals surface area contributed by atoms with Crippen LogP contribution in [0.2, 0.25) is 10.0 Å². The molecule has 0 aromatic heterocycles. The third-order valence-corrected chi connectivity index (χ3v) is 5.50. The normalized spacial score (nSPS) is 15.0. The van der Waals surface area contributed by atoms with E-state index in [4.69, 9.17) is 33.9 Å². The van der Waals surface area contributed by atoms with Crippen LogP contribution in [-0.4, -0.2) is 20.9 Å². The minimum absolute atomic E-state index is 0.0634. The molecule has 1 saturated carbocycles. The van der Waals surface area contributed by atoms with Crippen LogP contribution in [0.3, 0.4) is 0 Å². The molecule has 0 radical (unpaired) electrons. The molecule has 2 rings (SSSR count). The van der Waals surface area contributed by atoms with Crippen LogP contribution in [0.1, 0.15) is 36.0 Å². The summed E-state index contributed by atoms with van der Waals surface area (Å²) in [5, 5.41) is 2.53. The van der Waals surface area contributed by atoms with Gasteiger partial charge in [-0.25, -0.2) is 8.42 Å². The second-order valence-corrected chi connectivity index (χ2v) is 8.33. The van der Waals surface area contributed by atoms with Crippen LogP contribution in [0, 0.1) is 5.92 Å². The van der Waals surface area contributed by atoms with Crippen LogP contribution in [-0.2, 0) is 9.05 Å². The van der Waals surface area contributed by atoms with Crippen molar-refractivity contribution in [1.82, 2.24) is 5.32 Å². The molecule has 1 N–H and O–H groups in total. The van der Waals surface area contributed by atoms with Crippen molar-refractivity contribution in [2.75, 3.05) is 6.54 Å². The van der Waals surface area contributed by atoms with Crippen molar-refractivity contribution in [3.8, 4) is 0 Å². The average molecular weight is 371 g/mol. The van der Waals surface area contributed by atoms with E-state index in [-0.39, 0.29) is 20.5 Å². The van der Waals surface area contributed by atoms with Crippen LogP contribution < -0.4 is 5.32 Å². The first-order valence-electron chi connectivity index (χ1n) is 6.51. The van der Waals surface area contributed by atoms with E-state index in [2.05, 4.69) is 5.32 Å². The topological polar surface area (TPSA) is 63.2 Å². The van der Waals surface area contributed by atoms with E-state index >= 15 is 0 Å². The number of halogens is 3. The summed E-state index contributed by atoms with van der Waals surface area (Å²) in [5.74, 6) is 0.293. The van der Waals surface area contributed by atoms with Gasteiger partial charge in [0.25, 0.3) is 15.0 Å². The molecule has 1 aliphatic rings. The fraction of sp³-hybridized carbons (Fsp3) is 0.462. The van der Waals surface area contributed by atoms with Gasteiger partial charge in [-0.1, -0.05) is 36.0 Å². The van der Waals surface area contributed by atoms with E-state index in [9.17, 15) is 13.2 Å². The number of nitrogens with one attached hydrogen (secondary N) is 1. The molecule has 8 heteroatoms. The molecular weight excluding hydrogens is 357 g/mol. The Morgan fingerprint density at radius 1 is 1.29 bits per heavy atom. The van der Waals surface area contributed by atoms with Gasteiger partial charge in [-0.05, 0) is 30.9 Å². The average Bonchev–Trinajstić information content (AvgIpc) is 3.17. The summed E-state index contributed by atoms with van der Waals surface area (Å²) < 4.78 is 22.8. The van der Waals surface area contributed by atoms with Gasteiger partial charge in [0.05, 0.1) is 15.6 Å². The highest BCUT2D eigenvalue weighted by molar-refractivity contribution is 8.13. The highest BCUT2D eigenvalue weighted by Gasteiger charge is 2.24. The lowest BCUT2D eigenvalue weighted by molar-refractivity contribution is 0.0953. The lowest BCUT2D eigenvalue weighted by Gasteiger charge is -2.10. The van der Waals surface area contributed by atoms with Gasteiger partial charge in [0.15, 0.2) is 0 Å². The highest BCUT2D eigenvalue weighted by atomic mass is 35.7. The molecule has 116 valence electrons.